The van der Waals surface area contributed by atoms with E-state index in [1.807, 2.05) is 0 Å². The van der Waals surface area contributed by atoms with Crippen molar-refractivity contribution in [3.05, 3.63) is 0 Å². The molecule has 1 heterocycles. The van der Waals surface area contributed by atoms with Crippen LogP contribution in [0.2, 0.25) is 0 Å². The summed E-state index contributed by atoms with van der Waals surface area (Å²) < 4.78 is 1.41. The maximum Gasteiger partial charge on any atom is 0.0786 e. The molecule has 0 aliphatic carbocycles. The number of hydrogen-bond acceptors (Lipinski definition) is 0. The van der Waals surface area contributed by atoms with Gasteiger partial charge in [-0.25, -0.2) is 0 Å². The third kappa shape index (κ3) is 3.06. The lowest BCUT2D eigenvalue weighted by molar-refractivity contribution is -0.930. The van der Waals surface area contributed by atoms with E-state index in [1.165, 1.54) is 56.3 Å². The molecular formula is C10H22BrN. The van der Waals surface area contributed by atoms with Crippen LogP contribution in [0, 0.1) is 0 Å². The Morgan fingerprint density at radius 2 is 1.58 bits per heavy atom. The number of piperidine rings is 1. The van der Waals surface area contributed by atoms with Crippen LogP contribution >= 0.6 is 0 Å². The largest absolute Gasteiger partial charge is 1.00 e. The molecule has 0 radical (unpaired) electrons. The molecule has 12 heavy (non-hydrogen) atoms. The zero-order chi connectivity index (χ0) is 8.16. The molecule has 1 saturated heterocycles. The molecule has 1 rings (SSSR count). The highest BCUT2D eigenvalue weighted by atomic mass is 79.9. The zero-order valence-corrected chi connectivity index (χ0v) is 10.1. The predicted octanol–water partition coefficient (Wildman–Crippen LogP) is -0.579. The molecule has 1 aliphatic rings. The second-order valence-corrected chi connectivity index (χ2v) is 3.89. The molecule has 74 valence electrons. The van der Waals surface area contributed by atoms with E-state index in [4.69, 9.17) is 0 Å². The Morgan fingerprint density at radius 1 is 1.00 bits per heavy atom. The first-order valence-corrected chi connectivity index (χ1v) is 5.18. The molecule has 0 spiro atoms. The summed E-state index contributed by atoms with van der Waals surface area (Å²) in [4.78, 5) is 0. The fourth-order valence-corrected chi connectivity index (χ4v) is 2.36. The molecule has 1 aliphatic heterocycles. The molecule has 0 aromatic carbocycles. The van der Waals surface area contributed by atoms with Gasteiger partial charge in [0, 0.05) is 0 Å². The molecule has 0 unspecified atom stereocenters. The van der Waals surface area contributed by atoms with Crippen molar-refractivity contribution < 1.29 is 21.5 Å². The van der Waals surface area contributed by atoms with Gasteiger partial charge in [0.15, 0.2) is 0 Å². The van der Waals surface area contributed by atoms with Crippen LogP contribution in [0.15, 0.2) is 0 Å². The smallest absolute Gasteiger partial charge is 0.0786 e. The first-order chi connectivity index (χ1) is 5.33. The fourth-order valence-electron chi connectivity index (χ4n) is 2.36. The van der Waals surface area contributed by atoms with Gasteiger partial charge in [0.05, 0.1) is 26.2 Å². The number of halogens is 1. The Kier molecular flexibility index (Phi) is 6.20. The molecule has 0 saturated carbocycles. The third-order valence-electron chi connectivity index (χ3n) is 3.13. The first kappa shape index (κ1) is 12.4. The molecule has 0 N–H and O–H groups in total. The minimum atomic E-state index is 0. The topological polar surface area (TPSA) is 0 Å². The van der Waals surface area contributed by atoms with Crippen molar-refractivity contribution in [1.82, 2.24) is 0 Å². The normalized spacial score (nSPS) is 21.5. The fraction of sp³-hybridized carbons (Fsp3) is 1.00. The highest BCUT2D eigenvalue weighted by molar-refractivity contribution is 4.52. The maximum atomic E-state index is 2.35. The highest BCUT2D eigenvalue weighted by Gasteiger charge is 2.26. The van der Waals surface area contributed by atoms with Gasteiger partial charge in [-0.15, -0.1) is 0 Å². The standard InChI is InChI=1S/C10H22N.BrH/c1-3-8-11(4-2)9-6-5-7-10-11;/h3-10H2,1-2H3;1H/q+1;/p-1. The minimum Gasteiger partial charge on any atom is -1.00 e. The quantitative estimate of drug-likeness (QED) is 0.575. The van der Waals surface area contributed by atoms with Crippen LogP contribution in [0.4, 0.5) is 0 Å². The highest BCUT2D eigenvalue weighted by Crippen LogP contribution is 2.18. The van der Waals surface area contributed by atoms with Crippen LogP contribution in [0.1, 0.15) is 39.5 Å². The Labute approximate surface area is 87.5 Å². The van der Waals surface area contributed by atoms with E-state index in [1.54, 1.807) is 0 Å². The van der Waals surface area contributed by atoms with Gasteiger partial charge in [0.1, 0.15) is 0 Å². The van der Waals surface area contributed by atoms with Crippen molar-refractivity contribution in [2.45, 2.75) is 39.5 Å². The van der Waals surface area contributed by atoms with Crippen molar-refractivity contribution >= 4 is 0 Å². The summed E-state index contributed by atoms with van der Waals surface area (Å²) in [5, 5.41) is 0. The second kappa shape index (κ2) is 5.98. The molecule has 0 aromatic rings. The van der Waals surface area contributed by atoms with E-state index >= 15 is 0 Å². The van der Waals surface area contributed by atoms with Gasteiger partial charge < -0.3 is 21.5 Å². The van der Waals surface area contributed by atoms with E-state index in [9.17, 15) is 0 Å². The summed E-state index contributed by atoms with van der Waals surface area (Å²) in [6.45, 7) is 10.3. The molecule has 0 atom stereocenters. The molecule has 2 heteroatoms. The lowest BCUT2D eigenvalue weighted by Gasteiger charge is -2.40. The summed E-state index contributed by atoms with van der Waals surface area (Å²) in [6, 6.07) is 0. The number of hydrogen-bond donors (Lipinski definition) is 0. The summed E-state index contributed by atoms with van der Waals surface area (Å²) in [6.07, 6.45) is 5.76. The maximum absolute atomic E-state index is 2.35. The predicted molar refractivity (Wildman–Crippen MR) is 49.5 cm³/mol. The first-order valence-electron chi connectivity index (χ1n) is 5.18. The van der Waals surface area contributed by atoms with E-state index in [2.05, 4.69) is 13.8 Å². The van der Waals surface area contributed by atoms with E-state index in [0.717, 1.165) is 0 Å². The third-order valence-corrected chi connectivity index (χ3v) is 3.13. The average Bonchev–Trinajstić information content (AvgIpc) is 2.07. The van der Waals surface area contributed by atoms with Crippen molar-refractivity contribution in [1.29, 1.82) is 0 Å². The number of rotatable bonds is 3. The van der Waals surface area contributed by atoms with Crippen LogP contribution in [0.5, 0.6) is 0 Å². The van der Waals surface area contributed by atoms with Gasteiger partial charge in [-0.2, -0.15) is 0 Å². The van der Waals surface area contributed by atoms with Crippen LogP contribution in [0.3, 0.4) is 0 Å². The Morgan fingerprint density at radius 3 is 2.00 bits per heavy atom. The van der Waals surface area contributed by atoms with Gasteiger partial charge >= 0.3 is 0 Å². The van der Waals surface area contributed by atoms with Crippen LogP contribution in [-0.4, -0.2) is 30.7 Å². The minimum absolute atomic E-state index is 0. The monoisotopic (exact) mass is 235 g/mol. The molecule has 1 fully saturated rings. The number of quaternary nitrogens is 1. The van der Waals surface area contributed by atoms with Gasteiger partial charge in [0.2, 0.25) is 0 Å². The molecule has 0 aromatic heterocycles. The van der Waals surface area contributed by atoms with E-state index in [0.29, 0.717) is 0 Å². The van der Waals surface area contributed by atoms with Crippen molar-refractivity contribution in [2.24, 2.45) is 0 Å². The summed E-state index contributed by atoms with van der Waals surface area (Å²) in [7, 11) is 0. The Bertz CT molecular complexity index is 103. The van der Waals surface area contributed by atoms with Gasteiger partial charge in [-0.1, -0.05) is 6.92 Å². The average molecular weight is 236 g/mol. The second-order valence-electron chi connectivity index (χ2n) is 3.89. The lowest BCUT2D eigenvalue weighted by Crippen LogP contribution is -3.00. The van der Waals surface area contributed by atoms with Crippen molar-refractivity contribution in [3.8, 4) is 0 Å². The molecule has 1 nitrogen and oxygen atoms in total. The molecule has 0 amide bonds. The van der Waals surface area contributed by atoms with Gasteiger partial charge in [-0.3, -0.25) is 0 Å². The summed E-state index contributed by atoms with van der Waals surface area (Å²) in [5.41, 5.74) is 0. The summed E-state index contributed by atoms with van der Waals surface area (Å²) >= 11 is 0. The van der Waals surface area contributed by atoms with E-state index in [-0.39, 0.29) is 17.0 Å². The summed E-state index contributed by atoms with van der Waals surface area (Å²) in [5.74, 6) is 0. The van der Waals surface area contributed by atoms with Crippen LogP contribution in [0.25, 0.3) is 0 Å². The number of nitrogens with zero attached hydrogens (tertiary/aromatic N) is 1. The zero-order valence-electron chi connectivity index (χ0n) is 8.48. The molecular weight excluding hydrogens is 214 g/mol. The Hall–Kier alpha value is 0.440. The SMILES string of the molecule is CCC[N+]1(CC)CCCCC1.[Br-]. The van der Waals surface area contributed by atoms with E-state index < -0.39 is 0 Å². The van der Waals surface area contributed by atoms with Gasteiger partial charge in [-0.05, 0) is 32.6 Å². The van der Waals surface area contributed by atoms with Gasteiger partial charge in [0.25, 0.3) is 0 Å². The number of likely N-dealkylation sites (tertiary alicyclic amines) is 1. The lowest BCUT2D eigenvalue weighted by atomic mass is 10.1. The Balaban J connectivity index is 0.00000121. The molecule has 0 bridgehead atoms. The van der Waals surface area contributed by atoms with Crippen LogP contribution in [-0.2, 0) is 0 Å². The van der Waals surface area contributed by atoms with Crippen LogP contribution < -0.4 is 17.0 Å². The van der Waals surface area contributed by atoms with Crippen molar-refractivity contribution in [3.63, 3.8) is 0 Å². The van der Waals surface area contributed by atoms with Crippen molar-refractivity contribution in [2.75, 3.05) is 26.2 Å².